The maximum Gasteiger partial charge on any atom is 0.172 e. The Morgan fingerprint density at radius 2 is 2.17 bits per heavy atom. The van der Waals surface area contributed by atoms with Gasteiger partial charge in [-0.25, -0.2) is 9.67 Å². The van der Waals surface area contributed by atoms with Crippen LogP contribution in [0.15, 0.2) is 30.9 Å². The van der Waals surface area contributed by atoms with Crippen LogP contribution < -0.4 is 0 Å². The average Bonchev–Trinajstić information content (AvgIpc) is 2.82. The minimum Gasteiger partial charge on any atom is -0.368 e. The molecule has 1 N–H and O–H groups in total. The highest BCUT2D eigenvalue weighted by Gasteiger charge is 2.34. The third kappa shape index (κ3) is 2.49. The summed E-state index contributed by atoms with van der Waals surface area (Å²) in [6.45, 7) is 1.59. The number of rotatable bonds is 3. The van der Waals surface area contributed by atoms with Gasteiger partial charge < -0.3 is 5.11 Å². The Kier molecular flexibility index (Phi) is 3.87. The highest BCUT2D eigenvalue weighted by Crippen LogP contribution is 2.39. The van der Waals surface area contributed by atoms with Gasteiger partial charge in [0.2, 0.25) is 0 Å². The fourth-order valence-electron chi connectivity index (χ4n) is 1.59. The summed E-state index contributed by atoms with van der Waals surface area (Å²) in [5.74, 6) is 0. The van der Waals surface area contributed by atoms with Crippen LogP contribution in [0.25, 0.3) is 0 Å². The Hall–Kier alpha value is -0.750. The second kappa shape index (κ2) is 5.09. The Bertz CT molecular complexity index is 545. The van der Waals surface area contributed by atoms with E-state index in [1.807, 2.05) is 0 Å². The summed E-state index contributed by atoms with van der Waals surface area (Å²) in [7, 11) is 0. The molecule has 0 saturated carbocycles. The van der Waals surface area contributed by atoms with E-state index in [0.717, 1.165) is 0 Å². The number of aliphatic hydroxyl groups is 1. The highest BCUT2D eigenvalue weighted by atomic mass is 35.5. The van der Waals surface area contributed by atoms with Crippen LogP contribution in [0, 0.1) is 0 Å². The summed E-state index contributed by atoms with van der Waals surface area (Å²) in [5.41, 5.74) is -0.679. The van der Waals surface area contributed by atoms with Gasteiger partial charge in [-0.3, -0.25) is 0 Å². The summed E-state index contributed by atoms with van der Waals surface area (Å²) in [4.78, 5) is 3.80. The first-order valence-electron chi connectivity index (χ1n) is 5.13. The van der Waals surface area contributed by atoms with Gasteiger partial charge in [0, 0.05) is 10.0 Å². The molecule has 0 fully saturated rings. The quantitative estimate of drug-likeness (QED) is 0.857. The van der Waals surface area contributed by atoms with Crippen LogP contribution in [0.3, 0.4) is 0 Å². The van der Waals surface area contributed by atoms with Gasteiger partial charge >= 0.3 is 0 Å². The summed E-state index contributed by atoms with van der Waals surface area (Å²) in [5, 5.41) is 14.8. The number of halogens is 2. The van der Waals surface area contributed by atoms with E-state index in [9.17, 15) is 5.11 Å². The van der Waals surface area contributed by atoms with Crippen molar-refractivity contribution in [2.24, 2.45) is 0 Å². The summed E-state index contributed by atoms with van der Waals surface area (Å²) >= 11 is 16.4. The molecule has 2 atom stereocenters. The molecule has 0 amide bonds. The fraction of sp³-hybridized carbons (Fsp3) is 0.273. The van der Waals surface area contributed by atoms with Crippen LogP contribution in [0.2, 0.25) is 10.0 Å². The molecule has 1 aromatic heterocycles. The van der Waals surface area contributed by atoms with Crippen LogP contribution >= 0.6 is 35.8 Å². The molecule has 18 heavy (non-hydrogen) atoms. The Morgan fingerprint density at radius 3 is 2.72 bits per heavy atom. The van der Waals surface area contributed by atoms with Crippen molar-refractivity contribution in [2.45, 2.75) is 17.9 Å². The lowest BCUT2D eigenvalue weighted by atomic mass is 10.0. The molecule has 7 heteroatoms. The van der Waals surface area contributed by atoms with Crippen molar-refractivity contribution in [1.82, 2.24) is 14.8 Å². The fourth-order valence-corrected chi connectivity index (χ4v) is 2.52. The number of aromatic nitrogens is 3. The monoisotopic (exact) mass is 303 g/mol. The van der Waals surface area contributed by atoms with E-state index in [2.05, 4.69) is 22.7 Å². The second-order valence-corrected chi connectivity index (χ2v) is 5.36. The Labute approximate surface area is 120 Å². The van der Waals surface area contributed by atoms with Gasteiger partial charge in [-0.05, 0) is 24.6 Å². The molecule has 0 spiro atoms. The molecule has 0 saturated heterocycles. The molecule has 96 valence electrons. The number of thiol groups is 1. The van der Waals surface area contributed by atoms with Crippen molar-refractivity contribution < 1.29 is 5.11 Å². The molecule has 1 aromatic carbocycles. The SMILES string of the molecule is CC(O)(C(S)c1ccc(Cl)cc1Cl)n1cncn1. The first-order chi connectivity index (χ1) is 8.43. The van der Waals surface area contributed by atoms with Gasteiger partial charge in [-0.15, -0.1) is 0 Å². The zero-order valence-electron chi connectivity index (χ0n) is 9.46. The van der Waals surface area contributed by atoms with E-state index >= 15 is 0 Å². The van der Waals surface area contributed by atoms with E-state index in [4.69, 9.17) is 23.2 Å². The maximum atomic E-state index is 10.5. The normalized spacial score (nSPS) is 16.3. The highest BCUT2D eigenvalue weighted by molar-refractivity contribution is 7.80. The van der Waals surface area contributed by atoms with Crippen molar-refractivity contribution in [1.29, 1.82) is 0 Å². The summed E-state index contributed by atoms with van der Waals surface area (Å²) < 4.78 is 1.33. The summed E-state index contributed by atoms with van der Waals surface area (Å²) in [6.07, 6.45) is 2.77. The molecule has 4 nitrogen and oxygen atoms in total. The molecule has 0 bridgehead atoms. The molecular formula is C11H11Cl2N3OS. The molecule has 2 unspecified atom stereocenters. The molecular weight excluding hydrogens is 293 g/mol. The van der Waals surface area contributed by atoms with E-state index < -0.39 is 11.0 Å². The van der Waals surface area contributed by atoms with E-state index in [1.165, 1.54) is 17.3 Å². The Morgan fingerprint density at radius 1 is 1.44 bits per heavy atom. The molecule has 0 aliphatic carbocycles. The molecule has 1 heterocycles. The zero-order valence-corrected chi connectivity index (χ0v) is 11.9. The third-order valence-electron chi connectivity index (χ3n) is 2.66. The van der Waals surface area contributed by atoms with Crippen LogP contribution in [0.1, 0.15) is 17.7 Å². The topological polar surface area (TPSA) is 50.9 Å². The predicted molar refractivity (Wildman–Crippen MR) is 74.1 cm³/mol. The van der Waals surface area contributed by atoms with Crippen molar-refractivity contribution in [3.63, 3.8) is 0 Å². The van der Waals surface area contributed by atoms with E-state index in [1.54, 1.807) is 25.1 Å². The molecule has 0 aliphatic heterocycles. The van der Waals surface area contributed by atoms with Crippen LogP contribution in [0.4, 0.5) is 0 Å². The first kappa shape index (κ1) is 13.7. The number of hydrogen-bond acceptors (Lipinski definition) is 4. The maximum absolute atomic E-state index is 10.5. The van der Waals surface area contributed by atoms with Gasteiger partial charge in [0.15, 0.2) is 5.72 Å². The van der Waals surface area contributed by atoms with Gasteiger partial charge in [0.25, 0.3) is 0 Å². The van der Waals surface area contributed by atoms with Crippen LogP contribution in [-0.4, -0.2) is 19.9 Å². The molecule has 2 rings (SSSR count). The minimum atomic E-state index is -1.35. The van der Waals surface area contributed by atoms with Gasteiger partial charge in [0.1, 0.15) is 12.7 Å². The largest absolute Gasteiger partial charge is 0.368 e. The first-order valence-corrected chi connectivity index (χ1v) is 6.40. The van der Waals surface area contributed by atoms with Crippen molar-refractivity contribution >= 4 is 35.8 Å². The lowest BCUT2D eigenvalue weighted by Crippen LogP contribution is -2.35. The van der Waals surface area contributed by atoms with Crippen molar-refractivity contribution in [3.8, 4) is 0 Å². The van der Waals surface area contributed by atoms with Crippen molar-refractivity contribution in [2.75, 3.05) is 0 Å². The zero-order chi connectivity index (χ0) is 13.3. The standard InChI is InChI=1S/C11H11Cl2N3OS/c1-11(17,16-6-14-5-15-16)10(18)8-3-2-7(12)4-9(8)13/h2-6,10,17-18H,1H3. The van der Waals surface area contributed by atoms with Crippen LogP contribution in [0.5, 0.6) is 0 Å². The molecule has 0 aliphatic rings. The van der Waals surface area contributed by atoms with Gasteiger partial charge in [-0.2, -0.15) is 17.7 Å². The predicted octanol–water partition coefficient (Wildman–Crippen LogP) is 2.92. The number of benzene rings is 1. The minimum absolute atomic E-state index is 0.447. The molecule has 0 radical (unpaired) electrons. The van der Waals surface area contributed by atoms with Crippen LogP contribution in [-0.2, 0) is 5.72 Å². The third-order valence-corrected chi connectivity index (χ3v) is 3.99. The Balaban J connectivity index is 2.39. The number of hydrogen-bond donors (Lipinski definition) is 2. The average molecular weight is 304 g/mol. The summed E-state index contributed by atoms with van der Waals surface area (Å²) in [6, 6.07) is 5.04. The lowest BCUT2D eigenvalue weighted by molar-refractivity contribution is -0.0323. The van der Waals surface area contributed by atoms with E-state index in [-0.39, 0.29) is 0 Å². The van der Waals surface area contributed by atoms with Gasteiger partial charge in [0.05, 0.1) is 5.25 Å². The molecule has 2 aromatic rings. The van der Waals surface area contributed by atoms with E-state index in [0.29, 0.717) is 15.6 Å². The smallest absolute Gasteiger partial charge is 0.172 e. The van der Waals surface area contributed by atoms with Crippen molar-refractivity contribution in [3.05, 3.63) is 46.5 Å². The second-order valence-electron chi connectivity index (χ2n) is 4.00. The number of nitrogens with zero attached hydrogens (tertiary/aromatic N) is 3. The lowest BCUT2D eigenvalue weighted by Gasteiger charge is -2.30. The van der Waals surface area contributed by atoms with Gasteiger partial charge in [-0.1, -0.05) is 29.3 Å².